The van der Waals surface area contributed by atoms with Gasteiger partial charge in [0.15, 0.2) is 0 Å². The van der Waals surface area contributed by atoms with Crippen molar-refractivity contribution in [1.82, 2.24) is 10.2 Å². The fourth-order valence-electron chi connectivity index (χ4n) is 1.53. The first kappa shape index (κ1) is 12.3. The van der Waals surface area contributed by atoms with Gasteiger partial charge in [0.05, 0.1) is 11.8 Å². The third-order valence-electron chi connectivity index (χ3n) is 2.47. The van der Waals surface area contributed by atoms with Crippen LogP contribution >= 0.6 is 11.6 Å². The number of nitrogens with two attached hydrogens (primary N) is 2. The fourth-order valence-corrected chi connectivity index (χ4v) is 1.70. The molecule has 0 saturated carbocycles. The molecule has 2 aromatic rings. The highest BCUT2D eigenvalue weighted by Crippen LogP contribution is 2.21. The summed E-state index contributed by atoms with van der Waals surface area (Å²) in [5.41, 5.74) is 12.7. The normalized spacial score (nSPS) is 10.3. The van der Waals surface area contributed by atoms with E-state index in [2.05, 4.69) is 15.5 Å². The Morgan fingerprint density at radius 1 is 1.50 bits per heavy atom. The van der Waals surface area contributed by atoms with Crippen LogP contribution in [0, 0.1) is 0 Å². The zero-order valence-corrected chi connectivity index (χ0v) is 10.2. The maximum atomic E-state index is 11.3. The van der Waals surface area contributed by atoms with Crippen molar-refractivity contribution in [3.63, 3.8) is 0 Å². The lowest BCUT2D eigenvalue weighted by Crippen LogP contribution is -2.14. The van der Waals surface area contributed by atoms with Crippen molar-refractivity contribution in [1.29, 1.82) is 0 Å². The first-order chi connectivity index (χ1) is 8.58. The maximum absolute atomic E-state index is 11.3. The SMILES string of the molecule is NC(=O)c1ccc(Cl)cc1NCc1cn[nH]c1N. The Morgan fingerprint density at radius 3 is 2.89 bits per heavy atom. The highest BCUT2D eigenvalue weighted by molar-refractivity contribution is 6.31. The molecule has 94 valence electrons. The van der Waals surface area contributed by atoms with E-state index < -0.39 is 5.91 Å². The summed E-state index contributed by atoms with van der Waals surface area (Å²) in [6.45, 7) is 0.420. The minimum atomic E-state index is -0.519. The minimum Gasteiger partial charge on any atom is -0.384 e. The summed E-state index contributed by atoms with van der Waals surface area (Å²) in [6.07, 6.45) is 1.61. The van der Waals surface area contributed by atoms with Crippen LogP contribution in [-0.4, -0.2) is 16.1 Å². The molecule has 0 aliphatic heterocycles. The number of anilines is 2. The summed E-state index contributed by atoms with van der Waals surface area (Å²) < 4.78 is 0. The van der Waals surface area contributed by atoms with Gasteiger partial charge in [-0.1, -0.05) is 11.6 Å². The third-order valence-corrected chi connectivity index (χ3v) is 2.70. The van der Waals surface area contributed by atoms with Gasteiger partial charge in [-0.3, -0.25) is 9.89 Å². The van der Waals surface area contributed by atoms with Crippen molar-refractivity contribution in [3.8, 4) is 0 Å². The van der Waals surface area contributed by atoms with Crippen LogP contribution < -0.4 is 16.8 Å². The molecule has 0 aliphatic rings. The molecule has 0 spiro atoms. The second kappa shape index (κ2) is 4.97. The Bertz CT molecular complexity index is 581. The standard InChI is InChI=1S/C11H12ClN5O/c12-7-1-2-8(11(14)18)9(3-7)15-4-6-5-16-17-10(6)13/h1-3,5,15H,4H2,(H2,14,18)(H3,13,16,17). The quantitative estimate of drug-likeness (QED) is 0.669. The largest absolute Gasteiger partial charge is 0.384 e. The number of aromatic amines is 1. The summed E-state index contributed by atoms with van der Waals surface area (Å²) in [6, 6.07) is 4.82. The first-order valence-electron chi connectivity index (χ1n) is 5.19. The van der Waals surface area contributed by atoms with E-state index in [4.69, 9.17) is 23.1 Å². The predicted molar refractivity (Wildman–Crippen MR) is 70.3 cm³/mol. The number of rotatable bonds is 4. The van der Waals surface area contributed by atoms with E-state index in [-0.39, 0.29) is 0 Å². The van der Waals surface area contributed by atoms with E-state index in [0.717, 1.165) is 5.56 Å². The molecule has 2 rings (SSSR count). The molecule has 1 heterocycles. The van der Waals surface area contributed by atoms with Gasteiger partial charge >= 0.3 is 0 Å². The number of carbonyl (C=O) groups is 1. The molecule has 1 amide bonds. The molecule has 0 fully saturated rings. The Hall–Kier alpha value is -2.21. The molecule has 18 heavy (non-hydrogen) atoms. The number of aromatic nitrogens is 2. The molecule has 7 heteroatoms. The van der Waals surface area contributed by atoms with Gasteiger partial charge in [-0.2, -0.15) is 5.10 Å². The number of carbonyl (C=O) groups excluding carboxylic acids is 1. The summed E-state index contributed by atoms with van der Waals surface area (Å²) >= 11 is 5.88. The van der Waals surface area contributed by atoms with E-state index in [9.17, 15) is 4.79 Å². The molecule has 1 aromatic carbocycles. The van der Waals surface area contributed by atoms with Gasteiger partial charge < -0.3 is 16.8 Å². The lowest BCUT2D eigenvalue weighted by atomic mass is 10.1. The topological polar surface area (TPSA) is 110 Å². The Kier molecular flexibility index (Phi) is 3.38. The lowest BCUT2D eigenvalue weighted by Gasteiger charge is -2.10. The van der Waals surface area contributed by atoms with Gasteiger partial charge in [-0.25, -0.2) is 0 Å². The molecule has 1 aromatic heterocycles. The smallest absolute Gasteiger partial charge is 0.250 e. The molecular formula is C11H12ClN5O. The van der Waals surface area contributed by atoms with Gasteiger partial charge in [0, 0.05) is 22.8 Å². The number of hydrogen-bond donors (Lipinski definition) is 4. The van der Waals surface area contributed by atoms with Crippen LogP contribution in [0.2, 0.25) is 5.02 Å². The second-order valence-corrected chi connectivity index (χ2v) is 4.15. The molecule has 0 atom stereocenters. The van der Waals surface area contributed by atoms with Crippen molar-refractivity contribution >= 4 is 29.0 Å². The molecule has 0 unspecified atom stereocenters. The van der Waals surface area contributed by atoms with Crippen LogP contribution in [0.15, 0.2) is 24.4 Å². The zero-order valence-electron chi connectivity index (χ0n) is 9.40. The highest BCUT2D eigenvalue weighted by atomic mass is 35.5. The van der Waals surface area contributed by atoms with Gasteiger partial charge in [0.25, 0.3) is 5.91 Å². The number of nitrogen functional groups attached to an aromatic ring is 1. The van der Waals surface area contributed by atoms with Crippen molar-refractivity contribution in [2.45, 2.75) is 6.54 Å². The summed E-state index contributed by atoms with van der Waals surface area (Å²) in [5, 5.41) is 9.99. The van der Waals surface area contributed by atoms with Crippen LogP contribution in [0.25, 0.3) is 0 Å². The van der Waals surface area contributed by atoms with Crippen LogP contribution in [0.1, 0.15) is 15.9 Å². The zero-order chi connectivity index (χ0) is 13.1. The predicted octanol–water partition coefficient (Wildman–Crippen LogP) is 1.36. The van der Waals surface area contributed by atoms with E-state index in [1.165, 1.54) is 0 Å². The number of benzene rings is 1. The highest BCUT2D eigenvalue weighted by Gasteiger charge is 2.09. The van der Waals surface area contributed by atoms with Crippen LogP contribution in [-0.2, 0) is 6.54 Å². The maximum Gasteiger partial charge on any atom is 0.250 e. The summed E-state index contributed by atoms with van der Waals surface area (Å²) in [7, 11) is 0. The van der Waals surface area contributed by atoms with E-state index >= 15 is 0 Å². The number of nitrogens with one attached hydrogen (secondary N) is 2. The van der Waals surface area contributed by atoms with Gasteiger partial charge in [-0.15, -0.1) is 0 Å². The molecule has 0 saturated heterocycles. The number of primary amides is 1. The van der Waals surface area contributed by atoms with Crippen molar-refractivity contribution < 1.29 is 4.79 Å². The lowest BCUT2D eigenvalue weighted by molar-refractivity contribution is 0.100. The number of H-pyrrole nitrogens is 1. The molecule has 6 nitrogen and oxygen atoms in total. The number of nitrogens with zero attached hydrogens (tertiary/aromatic N) is 1. The van der Waals surface area contributed by atoms with E-state index in [1.807, 2.05) is 0 Å². The average Bonchev–Trinajstić information content (AvgIpc) is 2.72. The molecule has 0 bridgehead atoms. The molecule has 0 aliphatic carbocycles. The van der Waals surface area contributed by atoms with Crippen molar-refractivity contribution in [3.05, 3.63) is 40.5 Å². The first-order valence-corrected chi connectivity index (χ1v) is 5.56. The molecule has 0 radical (unpaired) electrons. The van der Waals surface area contributed by atoms with Gasteiger partial charge in [0.2, 0.25) is 0 Å². The molecule has 6 N–H and O–H groups in total. The van der Waals surface area contributed by atoms with Crippen LogP contribution in [0.4, 0.5) is 11.5 Å². The van der Waals surface area contributed by atoms with Crippen molar-refractivity contribution in [2.75, 3.05) is 11.1 Å². The Morgan fingerprint density at radius 2 is 2.28 bits per heavy atom. The number of amides is 1. The van der Waals surface area contributed by atoms with Crippen LogP contribution in [0.5, 0.6) is 0 Å². The van der Waals surface area contributed by atoms with E-state index in [1.54, 1.807) is 24.4 Å². The Labute approximate surface area is 108 Å². The van der Waals surface area contributed by atoms with Crippen molar-refractivity contribution in [2.24, 2.45) is 5.73 Å². The van der Waals surface area contributed by atoms with Gasteiger partial charge in [0.1, 0.15) is 5.82 Å². The van der Waals surface area contributed by atoms with Crippen LogP contribution in [0.3, 0.4) is 0 Å². The number of halogens is 1. The summed E-state index contributed by atoms with van der Waals surface area (Å²) in [5.74, 6) is -0.0421. The van der Waals surface area contributed by atoms with Gasteiger partial charge in [-0.05, 0) is 18.2 Å². The summed E-state index contributed by atoms with van der Waals surface area (Å²) in [4.78, 5) is 11.3. The van der Waals surface area contributed by atoms with E-state index in [0.29, 0.717) is 28.6 Å². The minimum absolute atomic E-state index is 0.376. The molecular weight excluding hydrogens is 254 g/mol. The number of hydrogen-bond acceptors (Lipinski definition) is 4. The third kappa shape index (κ3) is 2.54. The second-order valence-electron chi connectivity index (χ2n) is 3.72. The fraction of sp³-hybridized carbons (Fsp3) is 0.0909. The Balaban J connectivity index is 2.20. The average molecular weight is 266 g/mol. The monoisotopic (exact) mass is 265 g/mol.